The number of nitrogens with one attached hydrogen (secondary N) is 1. The van der Waals surface area contributed by atoms with E-state index in [1.54, 1.807) is 0 Å². The molecule has 3 atom stereocenters. The maximum atomic E-state index is 9.44. The number of hydrogen-bond donors (Lipinski definition) is 1. The topological polar surface area (TPSA) is 39.1 Å². The minimum atomic E-state index is -0.349. The van der Waals surface area contributed by atoms with Crippen LogP contribution >= 0.6 is 0 Å². The Morgan fingerprint density at radius 1 is 1.39 bits per heavy atom. The van der Waals surface area contributed by atoms with Crippen LogP contribution in [0.1, 0.15) is 59.3 Å². The Labute approximate surface area is 112 Å². The molecule has 102 valence electrons. The summed E-state index contributed by atoms with van der Waals surface area (Å²) in [6.45, 7) is 7.88. The first kappa shape index (κ1) is 13.8. The summed E-state index contributed by atoms with van der Waals surface area (Å²) in [5.74, 6) is 0. The lowest BCUT2D eigenvalue weighted by Gasteiger charge is -2.40. The van der Waals surface area contributed by atoms with Crippen molar-refractivity contribution >= 4 is 0 Å². The predicted octanol–water partition coefficient (Wildman–Crippen LogP) is 2.67. The summed E-state index contributed by atoms with van der Waals surface area (Å²) < 4.78 is 0. The number of hydrogen-bond acceptors (Lipinski definition) is 3. The van der Waals surface area contributed by atoms with Crippen molar-refractivity contribution in [3.63, 3.8) is 0 Å². The van der Waals surface area contributed by atoms with Crippen LogP contribution in [0.3, 0.4) is 0 Å². The second kappa shape index (κ2) is 5.59. The molecule has 0 aromatic heterocycles. The third-order valence-corrected chi connectivity index (χ3v) is 4.47. The summed E-state index contributed by atoms with van der Waals surface area (Å²) in [6.07, 6.45) is 7.40. The quantitative estimate of drug-likeness (QED) is 0.814. The number of nitrogens with zero attached hydrogens (tertiary/aromatic N) is 2. The van der Waals surface area contributed by atoms with Crippen LogP contribution in [0.15, 0.2) is 0 Å². The van der Waals surface area contributed by atoms with Gasteiger partial charge in [-0.05, 0) is 59.4 Å². The SMILES string of the molecule is CC1CCCCN1C(C)CC(C)(C#N)NC1CC1. The van der Waals surface area contributed by atoms with Gasteiger partial charge in [-0.1, -0.05) is 6.42 Å². The number of nitriles is 1. The molecule has 1 aliphatic carbocycles. The van der Waals surface area contributed by atoms with Gasteiger partial charge in [0.15, 0.2) is 0 Å². The average molecular weight is 249 g/mol. The first-order chi connectivity index (χ1) is 8.54. The normalized spacial score (nSPS) is 30.4. The molecule has 0 spiro atoms. The highest BCUT2D eigenvalue weighted by Crippen LogP contribution is 2.27. The predicted molar refractivity (Wildman–Crippen MR) is 74.3 cm³/mol. The molecular formula is C15H27N3. The molecule has 0 bridgehead atoms. The second-order valence-corrected chi connectivity index (χ2v) is 6.50. The molecule has 1 saturated heterocycles. The van der Waals surface area contributed by atoms with Crippen LogP contribution in [0.5, 0.6) is 0 Å². The van der Waals surface area contributed by atoms with Gasteiger partial charge in [0.2, 0.25) is 0 Å². The van der Waals surface area contributed by atoms with Crippen LogP contribution in [0.25, 0.3) is 0 Å². The lowest BCUT2D eigenvalue weighted by atomic mass is 9.91. The highest BCUT2D eigenvalue weighted by Gasteiger charge is 2.35. The van der Waals surface area contributed by atoms with E-state index in [0.717, 1.165) is 6.42 Å². The fraction of sp³-hybridized carbons (Fsp3) is 0.933. The van der Waals surface area contributed by atoms with Crippen molar-refractivity contribution in [1.29, 1.82) is 5.26 Å². The zero-order valence-corrected chi connectivity index (χ0v) is 12.1. The molecular weight excluding hydrogens is 222 g/mol. The first-order valence-corrected chi connectivity index (χ1v) is 7.49. The lowest BCUT2D eigenvalue weighted by molar-refractivity contribution is 0.0970. The molecule has 18 heavy (non-hydrogen) atoms. The van der Waals surface area contributed by atoms with E-state index in [1.807, 2.05) is 0 Å². The molecule has 0 aromatic carbocycles. The van der Waals surface area contributed by atoms with E-state index in [1.165, 1.54) is 38.6 Å². The van der Waals surface area contributed by atoms with E-state index in [9.17, 15) is 5.26 Å². The van der Waals surface area contributed by atoms with Gasteiger partial charge in [0, 0.05) is 18.1 Å². The summed E-state index contributed by atoms with van der Waals surface area (Å²) >= 11 is 0. The Kier molecular flexibility index (Phi) is 4.29. The van der Waals surface area contributed by atoms with Gasteiger partial charge in [-0.25, -0.2) is 0 Å². The highest BCUT2D eigenvalue weighted by molar-refractivity contribution is 5.08. The van der Waals surface area contributed by atoms with Gasteiger partial charge in [-0.2, -0.15) is 5.26 Å². The lowest BCUT2D eigenvalue weighted by Crippen LogP contribution is -2.51. The van der Waals surface area contributed by atoms with Gasteiger partial charge in [0.1, 0.15) is 5.54 Å². The summed E-state index contributed by atoms with van der Waals surface area (Å²) in [5.41, 5.74) is -0.349. The number of likely N-dealkylation sites (tertiary alicyclic amines) is 1. The van der Waals surface area contributed by atoms with Gasteiger partial charge >= 0.3 is 0 Å². The Morgan fingerprint density at radius 3 is 2.67 bits per heavy atom. The van der Waals surface area contributed by atoms with Crippen LogP contribution in [0, 0.1) is 11.3 Å². The summed E-state index contributed by atoms with van der Waals surface area (Å²) in [7, 11) is 0. The maximum Gasteiger partial charge on any atom is 0.105 e. The minimum Gasteiger partial charge on any atom is -0.298 e. The summed E-state index contributed by atoms with van der Waals surface area (Å²) in [4.78, 5) is 2.59. The van der Waals surface area contributed by atoms with E-state index in [4.69, 9.17) is 0 Å². The van der Waals surface area contributed by atoms with Crippen molar-refractivity contribution in [1.82, 2.24) is 10.2 Å². The van der Waals surface area contributed by atoms with E-state index in [0.29, 0.717) is 18.1 Å². The van der Waals surface area contributed by atoms with Crippen LogP contribution in [-0.2, 0) is 0 Å². The van der Waals surface area contributed by atoms with Gasteiger partial charge < -0.3 is 0 Å². The van der Waals surface area contributed by atoms with Crippen LogP contribution in [0.4, 0.5) is 0 Å². The first-order valence-electron chi connectivity index (χ1n) is 7.49. The highest BCUT2D eigenvalue weighted by atomic mass is 15.2. The molecule has 1 aliphatic heterocycles. The maximum absolute atomic E-state index is 9.44. The Bertz CT molecular complexity index is 318. The van der Waals surface area contributed by atoms with Crippen molar-refractivity contribution < 1.29 is 0 Å². The zero-order chi connectivity index (χ0) is 13.2. The second-order valence-electron chi connectivity index (χ2n) is 6.50. The van der Waals surface area contributed by atoms with E-state index < -0.39 is 0 Å². The Balaban J connectivity index is 1.91. The third-order valence-electron chi connectivity index (χ3n) is 4.47. The van der Waals surface area contributed by atoms with Gasteiger partial charge in [-0.15, -0.1) is 0 Å². The molecule has 2 rings (SSSR count). The molecule has 0 radical (unpaired) electrons. The molecule has 0 amide bonds. The smallest absolute Gasteiger partial charge is 0.105 e. The largest absolute Gasteiger partial charge is 0.298 e. The fourth-order valence-corrected chi connectivity index (χ4v) is 3.30. The van der Waals surface area contributed by atoms with Crippen molar-refractivity contribution in [2.24, 2.45) is 0 Å². The molecule has 0 aromatic rings. The number of rotatable bonds is 5. The van der Waals surface area contributed by atoms with E-state index in [2.05, 4.69) is 37.1 Å². The Morgan fingerprint density at radius 2 is 2.11 bits per heavy atom. The molecule has 3 heteroatoms. The van der Waals surface area contributed by atoms with Crippen LogP contribution in [0.2, 0.25) is 0 Å². The van der Waals surface area contributed by atoms with Crippen molar-refractivity contribution in [2.45, 2.75) is 83.0 Å². The standard InChI is InChI=1S/C15H27N3/c1-12-6-4-5-9-18(12)13(2)10-15(3,11-16)17-14-7-8-14/h12-14,17H,4-10H2,1-3H3. The fourth-order valence-electron chi connectivity index (χ4n) is 3.30. The third kappa shape index (κ3) is 3.46. The Hall–Kier alpha value is -0.590. The molecule has 3 unspecified atom stereocenters. The summed E-state index contributed by atoms with van der Waals surface area (Å²) in [6, 6.07) is 4.27. The van der Waals surface area contributed by atoms with Gasteiger partial charge in [0.05, 0.1) is 6.07 Å². The monoisotopic (exact) mass is 249 g/mol. The number of piperidine rings is 1. The van der Waals surface area contributed by atoms with Crippen molar-refractivity contribution in [2.75, 3.05) is 6.54 Å². The molecule has 1 saturated carbocycles. The molecule has 1 N–H and O–H groups in total. The molecule has 1 heterocycles. The van der Waals surface area contributed by atoms with E-state index >= 15 is 0 Å². The summed E-state index contributed by atoms with van der Waals surface area (Å²) in [5, 5.41) is 13.0. The van der Waals surface area contributed by atoms with Crippen molar-refractivity contribution in [3.05, 3.63) is 0 Å². The zero-order valence-electron chi connectivity index (χ0n) is 12.1. The van der Waals surface area contributed by atoms with Gasteiger partial charge in [0.25, 0.3) is 0 Å². The van der Waals surface area contributed by atoms with Crippen LogP contribution in [-0.4, -0.2) is 35.1 Å². The minimum absolute atomic E-state index is 0.349. The average Bonchev–Trinajstić information content (AvgIpc) is 3.13. The van der Waals surface area contributed by atoms with Gasteiger partial charge in [-0.3, -0.25) is 10.2 Å². The molecule has 2 aliphatic rings. The van der Waals surface area contributed by atoms with Crippen molar-refractivity contribution in [3.8, 4) is 6.07 Å². The molecule has 2 fully saturated rings. The van der Waals surface area contributed by atoms with Crippen LogP contribution < -0.4 is 5.32 Å². The molecule has 3 nitrogen and oxygen atoms in total. The van der Waals surface area contributed by atoms with E-state index in [-0.39, 0.29) is 5.54 Å².